The summed E-state index contributed by atoms with van der Waals surface area (Å²) >= 11 is 2.00. The number of hydrogen-bond donors (Lipinski definition) is 0. The third kappa shape index (κ3) is 4.11. The van der Waals surface area contributed by atoms with Gasteiger partial charge in [-0.05, 0) is 37.1 Å². The van der Waals surface area contributed by atoms with Gasteiger partial charge in [-0.15, -0.1) is 11.8 Å². The molecular weight excluding hydrogens is 278 g/mol. The van der Waals surface area contributed by atoms with E-state index in [1.54, 1.807) is 0 Å². The average molecular weight is 301 g/mol. The van der Waals surface area contributed by atoms with Gasteiger partial charge in [0.05, 0.1) is 0 Å². The van der Waals surface area contributed by atoms with E-state index in [0.717, 1.165) is 18.9 Å². The molecule has 0 saturated carbocycles. The Morgan fingerprint density at radius 2 is 2.10 bits per heavy atom. The predicted octanol–water partition coefficient (Wildman–Crippen LogP) is 3.08. The fraction of sp³-hybridized carbons (Fsp3) is 0.471. The highest BCUT2D eigenvalue weighted by Crippen LogP contribution is 2.25. The zero-order chi connectivity index (χ0) is 14.5. The molecule has 1 aliphatic heterocycles. The standard InChI is InChI=1S/C17H23N3S/c1-19-16(7-10-18-19)9-12-20-11-8-15(13-20)14-21-17-5-3-2-4-6-17/h2-7,10,15H,8-9,11-14H2,1H3. The minimum absolute atomic E-state index is 0.835. The number of hydrogen-bond acceptors (Lipinski definition) is 3. The lowest BCUT2D eigenvalue weighted by molar-refractivity contribution is 0.330. The summed E-state index contributed by atoms with van der Waals surface area (Å²) in [6.45, 7) is 3.65. The van der Waals surface area contributed by atoms with E-state index in [-0.39, 0.29) is 0 Å². The highest BCUT2D eigenvalue weighted by Gasteiger charge is 2.22. The van der Waals surface area contributed by atoms with E-state index in [1.807, 2.05) is 29.7 Å². The Morgan fingerprint density at radius 3 is 2.86 bits per heavy atom. The van der Waals surface area contributed by atoms with Crippen LogP contribution >= 0.6 is 11.8 Å². The van der Waals surface area contributed by atoms with E-state index in [9.17, 15) is 0 Å². The second-order valence-corrected chi connectivity index (χ2v) is 6.87. The second kappa shape index (κ2) is 7.14. The summed E-state index contributed by atoms with van der Waals surface area (Å²) in [7, 11) is 2.03. The predicted molar refractivity (Wildman–Crippen MR) is 88.6 cm³/mol. The molecule has 0 N–H and O–H groups in total. The van der Waals surface area contributed by atoms with Crippen molar-refractivity contribution in [3.8, 4) is 0 Å². The van der Waals surface area contributed by atoms with Crippen LogP contribution in [0, 0.1) is 5.92 Å². The Bertz CT molecular complexity index is 552. The topological polar surface area (TPSA) is 21.1 Å². The number of benzene rings is 1. The first kappa shape index (κ1) is 14.7. The third-order valence-electron chi connectivity index (χ3n) is 4.21. The second-order valence-electron chi connectivity index (χ2n) is 5.78. The van der Waals surface area contributed by atoms with Crippen molar-refractivity contribution in [2.24, 2.45) is 13.0 Å². The summed E-state index contributed by atoms with van der Waals surface area (Å²) in [5.41, 5.74) is 1.33. The quantitative estimate of drug-likeness (QED) is 0.765. The highest BCUT2D eigenvalue weighted by atomic mass is 32.2. The Balaban J connectivity index is 1.40. The summed E-state index contributed by atoms with van der Waals surface area (Å²) < 4.78 is 1.98. The molecule has 21 heavy (non-hydrogen) atoms. The van der Waals surface area contributed by atoms with Gasteiger partial charge in [0.15, 0.2) is 0 Å². The Morgan fingerprint density at radius 1 is 1.24 bits per heavy atom. The summed E-state index contributed by atoms with van der Waals surface area (Å²) in [6.07, 6.45) is 4.33. The molecule has 112 valence electrons. The van der Waals surface area contributed by atoms with Crippen molar-refractivity contribution < 1.29 is 0 Å². The first-order valence-electron chi connectivity index (χ1n) is 7.68. The first-order valence-corrected chi connectivity index (χ1v) is 8.67. The molecule has 3 nitrogen and oxygen atoms in total. The third-order valence-corrected chi connectivity index (χ3v) is 5.45. The first-order chi connectivity index (χ1) is 10.3. The van der Waals surface area contributed by atoms with Crippen LogP contribution < -0.4 is 0 Å². The van der Waals surface area contributed by atoms with Gasteiger partial charge in [-0.3, -0.25) is 4.68 Å². The fourth-order valence-corrected chi connectivity index (χ4v) is 3.95. The number of aryl methyl sites for hydroxylation is 1. The lowest BCUT2D eigenvalue weighted by Crippen LogP contribution is -2.24. The molecule has 1 aromatic carbocycles. The molecule has 1 atom stereocenters. The van der Waals surface area contributed by atoms with Crippen LogP contribution in [0.5, 0.6) is 0 Å². The number of rotatable bonds is 6. The fourth-order valence-electron chi connectivity index (χ4n) is 2.90. The van der Waals surface area contributed by atoms with Crippen LogP contribution in [0.1, 0.15) is 12.1 Å². The van der Waals surface area contributed by atoms with Gasteiger partial charge in [0.2, 0.25) is 0 Å². The number of thioether (sulfide) groups is 1. The molecule has 1 aliphatic rings. The SMILES string of the molecule is Cn1nccc1CCN1CCC(CSc2ccccc2)C1. The van der Waals surface area contributed by atoms with Crippen LogP contribution in [0.4, 0.5) is 0 Å². The van der Waals surface area contributed by atoms with Crippen molar-refractivity contribution in [3.05, 3.63) is 48.3 Å². The van der Waals surface area contributed by atoms with Crippen molar-refractivity contribution in [2.45, 2.75) is 17.7 Å². The average Bonchev–Trinajstić information content (AvgIpc) is 3.13. The van der Waals surface area contributed by atoms with Gasteiger partial charge in [0.1, 0.15) is 0 Å². The van der Waals surface area contributed by atoms with E-state index in [4.69, 9.17) is 0 Å². The molecule has 4 heteroatoms. The van der Waals surface area contributed by atoms with E-state index in [2.05, 4.69) is 46.4 Å². The van der Waals surface area contributed by atoms with E-state index in [1.165, 1.54) is 35.9 Å². The molecule has 1 unspecified atom stereocenters. The van der Waals surface area contributed by atoms with Gasteiger partial charge in [-0.25, -0.2) is 0 Å². The Hall–Kier alpha value is -1.26. The zero-order valence-electron chi connectivity index (χ0n) is 12.6. The van der Waals surface area contributed by atoms with Crippen LogP contribution in [0.2, 0.25) is 0 Å². The van der Waals surface area contributed by atoms with Crippen molar-refractivity contribution in [3.63, 3.8) is 0 Å². The summed E-state index contributed by atoms with van der Waals surface area (Å²) in [5.74, 6) is 2.08. The molecule has 0 aliphatic carbocycles. The number of nitrogens with zero attached hydrogens (tertiary/aromatic N) is 3. The normalized spacial score (nSPS) is 19.2. The van der Waals surface area contributed by atoms with Crippen molar-refractivity contribution >= 4 is 11.8 Å². The zero-order valence-corrected chi connectivity index (χ0v) is 13.4. The van der Waals surface area contributed by atoms with Gasteiger partial charge in [0.25, 0.3) is 0 Å². The molecule has 0 amide bonds. The molecule has 0 bridgehead atoms. The molecule has 0 spiro atoms. The lowest BCUT2D eigenvalue weighted by Gasteiger charge is -2.15. The minimum Gasteiger partial charge on any atom is -0.303 e. The van der Waals surface area contributed by atoms with Gasteiger partial charge >= 0.3 is 0 Å². The van der Waals surface area contributed by atoms with Crippen molar-refractivity contribution in [1.82, 2.24) is 14.7 Å². The van der Waals surface area contributed by atoms with E-state index >= 15 is 0 Å². The summed E-state index contributed by atoms with van der Waals surface area (Å²) in [6, 6.07) is 12.9. The number of aromatic nitrogens is 2. The monoisotopic (exact) mass is 301 g/mol. The molecule has 1 saturated heterocycles. The highest BCUT2D eigenvalue weighted by molar-refractivity contribution is 7.99. The molecule has 1 fully saturated rings. The van der Waals surface area contributed by atoms with Crippen LogP contribution in [-0.4, -0.2) is 40.1 Å². The summed E-state index contributed by atoms with van der Waals surface area (Å²) in [5, 5.41) is 4.23. The largest absolute Gasteiger partial charge is 0.303 e. The molecule has 2 heterocycles. The maximum absolute atomic E-state index is 4.23. The van der Waals surface area contributed by atoms with Crippen LogP contribution in [0.3, 0.4) is 0 Å². The van der Waals surface area contributed by atoms with Crippen LogP contribution in [0.15, 0.2) is 47.5 Å². The van der Waals surface area contributed by atoms with E-state index in [0.29, 0.717) is 0 Å². The lowest BCUT2D eigenvalue weighted by atomic mass is 10.2. The minimum atomic E-state index is 0.835. The maximum Gasteiger partial charge on any atom is 0.0492 e. The van der Waals surface area contributed by atoms with Gasteiger partial charge in [0, 0.05) is 49.1 Å². The Labute approximate surface area is 131 Å². The van der Waals surface area contributed by atoms with Crippen molar-refractivity contribution in [1.29, 1.82) is 0 Å². The molecule has 1 aromatic heterocycles. The Kier molecular flexibility index (Phi) is 4.99. The van der Waals surface area contributed by atoms with Crippen molar-refractivity contribution in [2.75, 3.05) is 25.4 Å². The van der Waals surface area contributed by atoms with Gasteiger partial charge in [-0.1, -0.05) is 18.2 Å². The van der Waals surface area contributed by atoms with Gasteiger partial charge < -0.3 is 4.90 Å². The summed E-state index contributed by atoms with van der Waals surface area (Å²) in [4.78, 5) is 3.99. The van der Waals surface area contributed by atoms with E-state index < -0.39 is 0 Å². The molecule has 0 radical (unpaired) electrons. The van der Waals surface area contributed by atoms with Crippen LogP contribution in [0.25, 0.3) is 0 Å². The molecular formula is C17H23N3S. The smallest absolute Gasteiger partial charge is 0.0492 e. The van der Waals surface area contributed by atoms with Crippen LogP contribution in [-0.2, 0) is 13.5 Å². The van der Waals surface area contributed by atoms with Gasteiger partial charge in [-0.2, -0.15) is 5.10 Å². The molecule has 2 aromatic rings. The molecule has 3 rings (SSSR count). The number of likely N-dealkylation sites (tertiary alicyclic amines) is 1. The maximum atomic E-state index is 4.23.